The number of amides is 2. The molecule has 0 radical (unpaired) electrons. The minimum Gasteiger partial charge on any atom is -0.273 e. The van der Waals surface area contributed by atoms with E-state index in [-0.39, 0.29) is 17.7 Å². The molecule has 1 heterocycles. The standard InChI is InChI=1S/C17H14F3N3O2/c18-17(19,20)12-5-3-10(4-6-12)13-8-14(13)16(25)23-22-15(24)11-2-1-7-21-9-11/h1-7,9,13-14H,8H2,(H,22,24)(H,23,25). The second kappa shape index (κ2) is 6.54. The summed E-state index contributed by atoms with van der Waals surface area (Å²) in [5, 5.41) is 0. The van der Waals surface area contributed by atoms with Crippen LogP contribution in [0.3, 0.4) is 0 Å². The molecule has 1 aromatic heterocycles. The number of nitrogens with one attached hydrogen (secondary N) is 2. The molecule has 8 heteroatoms. The maximum absolute atomic E-state index is 12.5. The van der Waals surface area contributed by atoms with Crippen LogP contribution in [0.5, 0.6) is 0 Å². The molecule has 2 amide bonds. The van der Waals surface area contributed by atoms with E-state index in [9.17, 15) is 22.8 Å². The number of aromatic nitrogens is 1. The van der Waals surface area contributed by atoms with Gasteiger partial charge in [0, 0.05) is 18.3 Å². The van der Waals surface area contributed by atoms with Crippen molar-refractivity contribution in [2.75, 3.05) is 0 Å². The van der Waals surface area contributed by atoms with Crippen LogP contribution in [0.4, 0.5) is 13.2 Å². The molecule has 1 fully saturated rings. The van der Waals surface area contributed by atoms with Gasteiger partial charge in [0.15, 0.2) is 0 Å². The predicted octanol–water partition coefficient (Wildman–Crippen LogP) is 2.67. The Morgan fingerprint density at radius 2 is 1.80 bits per heavy atom. The van der Waals surface area contributed by atoms with Gasteiger partial charge in [0.1, 0.15) is 0 Å². The Balaban J connectivity index is 1.53. The predicted molar refractivity (Wildman–Crippen MR) is 82.1 cm³/mol. The highest BCUT2D eigenvalue weighted by Crippen LogP contribution is 2.47. The van der Waals surface area contributed by atoms with E-state index < -0.39 is 17.6 Å². The topological polar surface area (TPSA) is 71.1 Å². The quantitative estimate of drug-likeness (QED) is 0.837. The van der Waals surface area contributed by atoms with Crippen molar-refractivity contribution in [2.24, 2.45) is 5.92 Å². The zero-order valence-corrected chi connectivity index (χ0v) is 12.9. The number of benzene rings is 1. The third kappa shape index (κ3) is 3.96. The van der Waals surface area contributed by atoms with Crippen LogP contribution in [0.15, 0.2) is 48.8 Å². The van der Waals surface area contributed by atoms with Gasteiger partial charge in [-0.25, -0.2) is 0 Å². The van der Waals surface area contributed by atoms with E-state index >= 15 is 0 Å². The minimum absolute atomic E-state index is 0.141. The Bertz CT molecular complexity index is 776. The Kier molecular flexibility index (Phi) is 4.43. The summed E-state index contributed by atoms with van der Waals surface area (Å²) in [6.45, 7) is 0. The monoisotopic (exact) mass is 349 g/mol. The third-order valence-electron chi connectivity index (χ3n) is 4.02. The Hall–Kier alpha value is -2.90. The smallest absolute Gasteiger partial charge is 0.273 e. The molecule has 2 unspecified atom stereocenters. The van der Waals surface area contributed by atoms with Crippen molar-refractivity contribution in [3.8, 4) is 0 Å². The molecule has 130 valence electrons. The summed E-state index contributed by atoms with van der Waals surface area (Å²) in [5.41, 5.74) is 4.88. The van der Waals surface area contributed by atoms with E-state index in [1.165, 1.54) is 24.5 Å². The summed E-state index contributed by atoms with van der Waals surface area (Å²) in [6.07, 6.45) is -0.965. The first-order chi connectivity index (χ1) is 11.9. The van der Waals surface area contributed by atoms with Crippen LogP contribution < -0.4 is 10.9 Å². The van der Waals surface area contributed by atoms with E-state index in [0.29, 0.717) is 17.5 Å². The lowest BCUT2D eigenvalue weighted by atomic mass is 10.1. The number of rotatable bonds is 3. The molecule has 0 saturated heterocycles. The zero-order valence-electron chi connectivity index (χ0n) is 12.9. The van der Waals surface area contributed by atoms with Gasteiger partial charge in [-0.2, -0.15) is 13.2 Å². The van der Waals surface area contributed by atoms with Gasteiger partial charge in [-0.1, -0.05) is 12.1 Å². The molecule has 25 heavy (non-hydrogen) atoms. The first-order valence-corrected chi connectivity index (χ1v) is 7.53. The van der Waals surface area contributed by atoms with Crippen LogP contribution in [0, 0.1) is 5.92 Å². The van der Waals surface area contributed by atoms with Crippen molar-refractivity contribution in [3.05, 3.63) is 65.5 Å². The lowest BCUT2D eigenvalue weighted by Gasteiger charge is -2.08. The molecule has 3 rings (SSSR count). The molecule has 5 nitrogen and oxygen atoms in total. The van der Waals surface area contributed by atoms with Crippen molar-refractivity contribution in [1.82, 2.24) is 15.8 Å². The molecule has 0 bridgehead atoms. The highest BCUT2D eigenvalue weighted by molar-refractivity contribution is 5.95. The molecule has 1 saturated carbocycles. The summed E-state index contributed by atoms with van der Waals surface area (Å²) in [5.74, 6) is -1.38. The van der Waals surface area contributed by atoms with Crippen molar-refractivity contribution >= 4 is 11.8 Å². The van der Waals surface area contributed by atoms with Crippen LogP contribution >= 0.6 is 0 Å². The molecule has 2 atom stereocenters. The van der Waals surface area contributed by atoms with Crippen molar-refractivity contribution in [2.45, 2.75) is 18.5 Å². The number of hydrogen-bond acceptors (Lipinski definition) is 3. The van der Waals surface area contributed by atoms with Gasteiger partial charge in [0.05, 0.1) is 11.1 Å². The molecule has 1 aliphatic carbocycles. The van der Waals surface area contributed by atoms with Gasteiger partial charge in [-0.05, 0) is 42.2 Å². The van der Waals surface area contributed by atoms with E-state index in [1.807, 2.05) is 0 Å². The zero-order chi connectivity index (χ0) is 18.0. The number of hydrazine groups is 1. The fourth-order valence-electron chi connectivity index (χ4n) is 2.55. The Labute approximate surface area is 141 Å². The maximum Gasteiger partial charge on any atom is 0.416 e. The number of alkyl halides is 3. The van der Waals surface area contributed by atoms with Crippen molar-refractivity contribution in [1.29, 1.82) is 0 Å². The largest absolute Gasteiger partial charge is 0.416 e. The second-order valence-electron chi connectivity index (χ2n) is 5.75. The fraction of sp³-hybridized carbons (Fsp3) is 0.235. The Morgan fingerprint density at radius 1 is 1.08 bits per heavy atom. The number of carbonyl (C=O) groups is 2. The van der Waals surface area contributed by atoms with Crippen LogP contribution in [-0.2, 0) is 11.0 Å². The minimum atomic E-state index is -4.38. The lowest BCUT2D eigenvalue weighted by Crippen LogP contribution is -2.42. The van der Waals surface area contributed by atoms with Crippen LogP contribution in [-0.4, -0.2) is 16.8 Å². The van der Waals surface area contributed by atoms with Gasteiger partial charge in [0.2, 0.25) is 5.91 Å². The molecule has 1 aliphatic rings. The summed E-state index contributed by atoms with van der Waals surface area (Å²) < 4.78 is 37.6. The molecule has 2 N–H and O–H groups in total. The number of hydrogen-bond donors (Lipinski definition) is 2. The average molecular weight is 349 g/mol. The Morgan fingerprint density at radius 3 is 2.40 bits per heavy atom. The summed E-state index contributed by atoms with van der Waals surface area (Å²) in [6, 6.07) is 7.93. The number of nitrogens with zero attached hydrogens (tertiary/aromatic N) is 1. The van der Waals surface area contributed by atoms with Gasteiger partial charge >= 0.3 is 6.18 Å². The van der Waals surface area contributed by atoms with E-state index in [0.717, 1.165) is 12.1 Å². The first kappa shape index (κ1) is 16.9. The van der Waals surface area contributed by atoms with E-state index in [4.69, 9.17) is 0 Å². The molecular weight excluding hydrogens is 335 g/mol. The van der Waals surface area contributed by atoms with Crippen molar-refractivity contribution in [3.63, 3.8) is 0 Å². The summed E-state index contributed by atoms with van der Waals surface area (Å²) in [4.78, 5) is 27.6. The van der Waals surface area contributed by atoms with Crippen molar-refractivity contribution < 1.29 is 22.8 Å². The van der Waals surface area contributed by atoms with E-state index in [2.05, 4.69) is 15.8 Å². The number of pyridine rings is 1. The van der Waals surface area contributed by atoms with Gasteiger partial charge in [-0.3, -0.25) is 25.4 Å². The highest BCUT2D eigenvalue weighted by Gasteiger charge is 2.44. The first-order valence-electron chi connectivity index (χ1n) is 7.53. The summed E-state index contributed by atoms with van der Waals surface area (Å²) in [7, 11) is 0. The average Bonchev–Trinajstić information content (AvgIpc) is 3.40. The molecule has 0 aliphatic heterocycles. The SMILES string of the molecule is O=C(NNC(=O)C1CC1c1ccc(C(F)(F)F)cc1)c1cccnc1. The maximum atomic E-state index is 12.5. The lowest BCUT2D eigenvalue weighted by molar-refractivity contribution is -0.137. The molecule has 1 aromatic carbocycles. The number of halogens is 3. The molecular formula is C17H14F3N3O2. The third-order valence-corrected chi connectivity index (χ3v) is 4.02. The van der Waals surface area contributed by atoms with Gasteiger partial charge < -0.3 is 0 Å². The van der Waals surface area contributed by atoms with Crippen LogP contribution in [0.1, 0.15) is 33.8 Å². The van der Waals surface area contributed by atoms with Gasteiger partial charge in [-0.15, -0.1) is 0 Å². The van der Waals surface area contributed by atoms with Crippen LogP contribution in [0.2, 0.25) is 0 Å². The number of carbonyl (C=O) groups excluding carboxylic acids is 2. The van der Waals surface area contributed by atoms with Gasteiger partial charge in [0.25, 0.3) is 5.91 Å². The normalized spacial score (nSPS) is 19.2. The fourth-order valence-corrected chi connectivity index (χ4v) is 2.55. The molecule has 2 aromatic rings. The second-order valence-corrected chi connectivity index (χ2v) is 5.75. The molecule has 0 spiro atoms. The van der Waals surface area contributed by atoms with E-state index in [1.54, 1.807) is 12.1 Å². The highest BCUT2D eigenvalue weighted by atomic mass is 19.4. The van der Waals surface area contributed by atoms with Crippen LogP contribution in [0.25, 0.3) is 0 Å². The summed E-state index contributed by atoms with van der Waals surface area (Å²) >= 11 is 0.